The Hall–Kier alpha value is 0.314. The van der Waals surface area contributed by atoms with Crippen LogP contribution in [0.15, 0.2) is 11.8 Å². The van der Waals surface area contributed by atoms with Crippen LogP contribution in [0, 0.1) is 0 Å². The number of hydrogen-bond donors (Lipinski definition) is 1. The summed E-state index contributed by atoms with van der Waals surface area (Å²) in [5.41, 5.74) is 0. The van der Waals surface area contributed by atoms with Crippen molar-refractivity contribution in [2.45, 2.75) is 6.92 Å². The number of aliphatic hydroxyl groups excluding tert-OH is 1. The zero-order valence-electron chi connectivity index (χ0n) is 4.01. The van der Waals surface area contributed by atoms with Crippen LogP contribution in [0.3, 0.4) is 0 Å². The van der Waals surface area contributed by atoms with Crippen molar-refractivity contribution in [3.05, 3.63) is 11.8 Å². The summed E-state index contributed by atoms with van der Waals surface area (Å²) in [5.74, 6) is -0.00926. The average Bonchev–Trinajstić information content (AvgIpc) is 1.35. The van der Waals surface area contributed by atoms with Gasteiger partial charge in [0.2, 0.25) is 0 Å². The van der Waals surface area contributed by atoms with Crippen molar-refractivity contribution < 1.29 is 42.6 Å². The van der Waals surface area contributed by atoms with Gasteiger partial charge in [0.15, 0.2) is 0 Å². The fraction of sp³-hybridized carbons (Fsp3) is 0.250. The summed E-state index contributed by atoms with van der Waals surface area (Å²) in [6, 6.07) is 0. The van der Waals surface area contributed by atoms with Crippen molar-refractivity contribution in [1.82, 2.24) is 0 Å². The Balaban J connectivity index is 0. The van der Waals surface area contributed by atoms with E-state index in [9.17, 15) is 4.79 Å². The van der Waals surface area contributed by atoms with Crippen molar-refractivity contribution in [1.29, 1.82) is 0 Å². The van der Waals surface area contributed by atoms with Gasteiger partial charge in [0.05, 0.1) is 0 Å². The maximum absolute atomic E-state index is 9.25. The molecule has 0 rings (SSSR count). The molecule has 0 aliphatic carbocycles. The Labute approximate surface area is 67.5 Å². The van der Waals surface area contributed by atoms with Crippen molar-refractivity contribution in [2.24, 2.45) is 0 Å². The van der Waals surface area contributed by atoms with E-state index in [2.05, 4.69) is 0 Å². The van der Waals surface area contributed by atoms with E-state index in [1.54, 1.807) is 0 Å². The smallest absolute Gasteiger partial charge is 0.597 e. The number of carbonyl (C=O) groups excluding carboxylic acids is 1. The molecule has 0 radical (unpaired) electrons. The van der Waals surface area contributed by atoms with Gasteiger partial charge in [-0.3, -0.25) is 0 Å². The number of hydrogen-bond acceptors (Lipinski definition) is 2. The fourth-order valence-corrected chi connectivity index (χ4v) is 0.0853. The van der Waals surface area contributed by atoms with Crippen LogP contribution in [-0.2, 0) is 37.5 Å². The molecule has 1 N–H and O–H groups in total. The van der Waals surface area contributed by atoms with E-state index in [1.165, 1.54) is 13.2 Å². The zero-order valence-corrected chi connectivity index (χ0v) is 6.85. The predicted molar refractivity (Wildman–Crippen MR) is 22.1 cm³/mol. The van der Waals surface area contributed by atoms with Crippen molar-refractivity contribution in [3.63, 3.8) is 0 Å². The molecule has 0 aromatic carbocycles. The molecule has 0 amide bonds. The van der Waals surface area contributed by atoms with Gasteiger partial charge in [-0.1, -0.05) is 12.7 Å². The van der Waals surface area contributed by atoms with Gasteiger partial charge < -0.3 is 9.90 Å². The molecule has 0 aromatic rings. The largest absolute Gasteiger partial charge is 3.00 e. The molecule has 0 aliphatic heterocycles. The van der Waals surface area contributed by atoms with E-state index in [1.807, 2.05) is 0 Å². The Kier molecular flexibility index (Phi) is 9.31. The van der Waals surface area contributed by atoms with Crippen LogP contribution >= 0.6 is 0 Å². The SMILES string of the molecule is C/C(O)=C/[C-]=O.[Y+3]. The maximum atomic E-state index is 9.25. The van der Waals surface area contributed by atoms with Crippen LogP contribution in [0.25, 0.3) is 0 Å². The van der Waals surface area contributed by atoms with Gasteiger partial charge in [-0.15, -0.1) is 0 Å². The minimum Gasteiger partial charge on any atom is -0.597 e. The average molecular weight is 174 g/mol. The fourth-order valence-electron chi connectivity index (χ4n) is 0.0853. The summed E-state index contributed by atoms with van der Waals surface area (Å²) in [4.78, 5) is 9.25. The van der Waals surface area contributed by atoms with Crippen LogP contribution in [-0.4, -0.2) is 11.4 Å². The molecule has 7 heavy (non-hydrogen) atoms. The van der Waals surface area contributed by atoms with Crippen LogP contribution in [0.4, 0.5) is 0 Å². The Morgan fingerprint density at radius 2 is 2.29 bits per heavy atom. The van der Waals surface area contributed by atoms with Crippen molar-refractivity contribution in [3.8, 4) is 0 Å². The summed E-state index contributed by atoms with van der Waals surface area (Å²) < 4.78 is 0. The third-order valence-electron chi connectivity index (χ3n) is 0.268. The summed E-state index contributed by atoms with van der Waals surface area (Å²) in [6.45, 7) is 1.41. The van der Waals surface area contributed by atoms with E-state index in [0.29, 0.717) is 0 Å². The van der Waals surface area contributed by atoms with Crippen molar-refractivity contribution >= 4 is 6.29 Å². The molecule has 0 bridgehead atoms. The van der Waals surface area contributed by atoms with E-state index >= 15 is 0 Å². The minimum atomic E-state index is -0.00926. The van der Waals surface area contributed by atoms with Crippen LogP contribution in [0.2, 0.25) is 0 Å². The molecule has 3 heteroatoms. The normalized spacial score (nSPS) is 9.57. The quantitative estimate of drug-likeness (QED) is 0.358. The van der Waals surface area contributed by atoms with E-state index in [0.717, 1.165) is 6.08 Å². The zero-order chi connectivity index (χ0) is 4.99. The van der Waals surface area contributed by atoms with Gasteiger partial charge in [-0.25, -0.2) is 0 Å². The van der Waals surface area contributed by atoms with Crippen LogP contribution < -0.4 is 0 Å². The second kappa shape index (κ2) is 6.31. The van der Waals surface area contributed by atoms with Crippen LogP contribution in [0.1, 0.15) is 6.92 Å². The first-order chi connectivity index (χ1) is 2.77. The predicted octanol–water partition coefficient (Wildman–Crippen LogP) is 0.555. The van der Waals surface area contributed by atoms with E-state index in [4.69, 9.17) is 5.11 Å². The second-order valence-electron chi connectivity index (χ2n) is 0.904. The number of allylic oxidation sites excluding steroid dienone is 2. The number of rotatable bonds is 1. The molecule has 34 valence electrons. The first-order valence-corrected chi connectivity index (χ1v) is 1.51. The molecule has 0 aliphatic rings. The van der Waals surface area contributed by atoms with Gasteiger partial charge in [0, 0.05) is 0 Å². The standard InChI is InChI=1S/C4H5O2.Y/c1-4(6)2-3-5;/h2,6H,1H3;/q-1;+3/b4-2-;. The molecule has 0 spiro atoms. The van der Waals surface area contributed by atoms with Crippen LogP contribution in [0.5, 0.6) is 0 Å². The molecule has 0 saturated carbocycles. The number of aliphatic hydroxyl groups is 1. The third-order valence-corrected chi connectivity index (χ3v) is 0.268. The first kappa shape index (κ1) is 10.3. The molecule has 0 heterocycles. The molecule has 2 nitrogen and oxygen atoms in total. The van der Waals surface area contributed by atoms with Gasteiger partial charge >= 0.3 is 32.7 Å². The Morgan fingerprint density at radius 3 is 2.29 bits per heavy atom. The van der Waals surface area contributed by atoms with Gasteiger partial charge in [0.25, 0.3) is 0 Å². The van der Waals surface area contributed by atoms with Gasteiger partial charge in [-0.2, -0.15) is 6.08 Å². The summed E-state index contributed by atoms with van der Waals surface area (Å²) in [7, 11) is 0. The topological polar surface area (TPSA) is 37.3 Å². The summed E-state index contributed by atoms with van der Waals surface area (Å²) >= 11 is 0. The summed E-state index contributed by atoms with van der Waals surface area (Å²) in [5, 5.41) is 8.15. The van der Waals surface area contributed by atoms with Crippen molar-refractivity contribution in [2.75, 3.05) is 0 Å². The molecule has 0 saturated heterocycles. The van der Waals surface area contributed by atoms with Gasteiger partial charge in [0.1, 0.15) is 0 Å². The maximum Gasteiger partial charge on any atom is 3.00 e. The Bertz CT molecular complexity index is 73.8. The molecular weight excluding hydrogens is 169 g/mol. The third kappa shape index (κ3) is 10.7. The summed E-state index contributed by atoms with van der Waals surface area (Å²) in [6.07, 6.45) is 2.36. The molecule has 0 unspecified atom stereocenters. The van der Waals surface area contributed by atoms with E-state index < -0.39 is 0 Å². The Morgan fingerprint density at radius 1 is 1.86 bits per heavy atom. The molecular formula is C4H5O2Y+2. The molecule has 0 fully saturated rings. The monoisotopic (exact) mass is 174 g/mol. The molecule has 0 aromatic heterocycles. The first-order valence-electron chi connectivity index (χ1n) is 1.51. The molecule has 0 atom stereocenters. The second-order valence-corrected chi connectivity index (χ2v) is 0.904. The van der Waals surface area contributed by atoms with Gasteiger partial charge in [-0.05, 0) is 6.29 Å². The minimum absolute atomic E-state index is 0. The van der Waals surface area contributed by atoms with E-state index in [-0.39, 0.29) is 38.5 Å².